The second kappa shape index (κ2) is 7.12. The molecule has 1 aromatic carbocycles. The Morgan fingerprint density at radius 2 is 2.22 bits per heavy atom. The highest BCUT2D eigenvalue weighted by atomic mass is 79.9. The number of hydrogen-bond acceptors (Lipinski definition) is 3. The zero-order chi connectivity index (χ0) is 12.8. The molecule has 1 fully saturated rings. The fourth-order valence-electron chi connectivity index (χ4n) is 2.33. The van der Waals surface area contributed by atoms with Crippen LogP contribution in [0.25, 0.3) is 0 Å². The second-order valence-electron chi connectivity index (χ2n) is 4.84. The van der Waals surface area contributed by atoms with E-state index in [0.717, 1.165) is 36.3 Å². The second-order valence-corrected chi connectivity index (χ2v) is 5.69. The van der Waals surface area contributed by atoms with Crippen molar-refractivity contribution in [1.82, 2.24) is 4.90 Å². The minimum atomic E-state index is 0.364. The summed E-state index contributed by atoms with van der Waals surface area (Å²) in [6.07, 6.45) is 3.45. The summed E-state index contributed by atoms with van der Waals surface area (Å²) >= 11 is 3.48. The molecule has 0 bridgehead atoms. The number of likely N-dealkylation sites (tertiary alicyclic amines) is 1. The number of benzene rings is 1. The Bertz CT molecular complexity index is 373. The van der Waals surface area contributed by atoms with Crippen LogP contribution in [0.2, 0.25) is 0 Å². The van der Waals surface area contributed by atoms with Crippen molar-refractivity contribution in [3.63, 3.8) is 0 Å². The predicted octanol–water partition coefficient (Wildman–Crippen LogP) is 2.64. The van der Waals surface area contributed by atoms with Gasteiger partial charge in [-0.15, -0.1) is 0 Å². The number of hydrogen-bond donors (Lipinski definition) is 1. The monoisotopic (exact) mass is 312 g/mol. The van der Waals surface area contributed by atoms with Crippen LogP contribution in [0.15, 0.2) is 28.7 Å². The van der Waals surface area contributed by atoms with E-state index in [0.29, 0.717) is 6.04 Å². The molecule has 1 aliphatic heterocycles. The topological polar surface area (TPSA) is 38.5 Å². The van der Waals surface area contributed by atoms with Gasteiger partial charge in [-0.1, -0.05) is 12.1 Å². The van der Waals surface area contributed by atoms with Crippen LogP contribution in [0.3, 0.4) is 0 Å². The maximum Gasteiger partial charge on any atom is 0.133 e. The largest absolute Gasteiger partial charge is 0.492 e. The summed E-state index contributed by atoms with van der Waals surface area (Å²) in [6.45, 7) is 4.06. The first-order valence-electron chi connectivity index (χ1n) is 6.61. The number of nitrogens with two attached hydrogens (primary N) is 1. The zero-order valence-corrected chi connectivity index (χ0v) is 12.2. The molecule has 0 radical (unpaired) electrons. The van der Waals surface area contributed by atoms with E-state index < -0.39 is 0 Å². The minimum absolute atomic E-state index is 0.364. The normalized spacial score (nSPS) is 20.9. The average molecular weight is 313 g/mol. The summed E-state index contributed by atoms with van der Waals surface area (Å²) < 4.78 is 6.77. The van der Waals surface area contributed by atoms with Gasteiger partial charge in [0.1, 0.15) is 5.75 Å². The molecule has 0 aliphatic carbocycles. The molecule has 1 aromatic rings. The number of ether oxygens (including phenoxy) is 1. The summed E-state index contributed by atoms with van der Waals surface area (Å²) in [5.41, 5.74) is 5.96. The van der Waals surface area contributed by atoms with E-state index in [1.54, 1.807) is 0 Å². The Morgan fingerprint density at radius 1 is 1.39 bits per heavy atom. The fourth-order valence-corrected chi connectivity index (χ4v) is 2.73. The maximum absolute atomic E-state index is 5.96. The van der Waals surface area contributed by atoms with E-state index in [9.17, 15) is 0 Å². The molecule has 0 amide bonds. The highest BCUT2D eigenvalue weighted by Gasteiger charge is 2.15. The van der Waals surface area contributed by atoms with Crippen LogP contribution in [0.5, 0.6) is 5.75 Å². The van der Waals surface area contributed by atoms with Gasteiger partial charge in [-0.05, 0) is 53.9 Å². The number of halogens is 1. The van der Waals surface area contributed by atoms with E-state index in [4.69, 9.17) is 10.5 Å². The Hall–Kier alpha value is -0.580. The summed E-state index contributed by atoms with van der Waals surface area (Å²) in [6, 6.07) is 8.33. The molecular formula is C14H21BrN2O. The molecule has 1 saturated heterocycles. The molecule has 1 aliphatic rings. The van der Waals surface area contributed by atoms with E-state index in [1.807, 2.05) is 24.3 Å². The lowest BCUT2D eigenvalue weighted by Gasteiger charge is -2.30. The SMILES string of the molecule is N[C@H]1CCCN(CCCOc2ccccc2Br)C1. The number of nitrogens with zero attached hydrogens (tertiary/aromatic N) is 1. The predicted molar refractivity (Wildman–Crippen MR) is 77.9 cm³/mol. The van der Waals surface area contributed by atoms with Crippen molar-refractivity contribution in [3.8, 4) is 5.75 Å². The molecule has 0 saturated carbocycles. The summed E-state index contributed by atoms with van der Waals surface area (Å²) in [5.74, 6) is 0.924. The van der Waals surface area contributed by atoms with Gasteiger partial charge in [0.2, 0.25) is 0 Å². The molecule has 100 valence electrons. The third-order valence-corrected chi connectivity index (χ3v) is 3.91. The maximum atomic E-state index is 5.96. The highest BCUT2D eigenvalue weighted by Crippen LogP contribution is 2.23. The van der Waals surface area contributed by atoms with Gasteiger partial charge >= 0.3 is 0 Å². The van der Waals surface area contributed by atoms with Crippen LogP contribution < -0.4 is 10.5 Å². The number of piperidine rings is 1. The third-order valence-electron chi connectivity index (χ3n) is 3.25. The smallest absolute Gasteiger partial charge is 0.133 e. The summed E-state index contributed by atoms with van der Waals surface area (Å²) in [5, 5.41) is 0. The van der Waals surface area contributed by atoms with Crippen molar-refractivity contribution >= 4 is 15.9 Å². The molecule has 1 heterocycles. The van der Waals surface area contributed by atoms with E-state index in [1.165, 1.54) is 19.4 Å². The van der Waals surface area contributed by atoms with Gasteiger partial charge in [0, 0.05) is 19.1 Å². The van der Waals surface area contributed by atoms with Crippen molar-refractivity contribution in [2.24, 2.45) is 5.73 Å². The van der Waals surface area contributed by atoms with E-state index >= 15 is 0 Å². The van der Waals surface area contributed by atoms with Crippen molar-refractivity contribution in [2.45, 2.75) is 25.3 Å². The molecule has 0 spiro atoms. The van der Waals surface area contributed by atoms with Gasteiger partial charge in [0.05, 0.1) is 11.1 Å². The van der Waals surface area contributed by atoms with Gasteiger partial charge in [0.15, 0.2) is 0 Å². The third kappa shape index (κ3) is 4.26. The highest BCUT2D eigenvalue weighted by molar-refractivity contribution is 9.10. The lowest BCUT2D eigenvalue weighted by atomic mass is 10.1. The van der Waals surface area contributed by atoms with Crippen LogP contribution in [0, 0.1) is 0 Å². The van der Waals surface area contributed by atoms with Gasteiger partial charge in [-0.2, -0.15) is 0 Å². The Morgan fingerprint density at radius 3 is 3.00 bits per heavy atom. The Balaban J connectivity index is 1.65. The standard InChI is InChI=1S/C14H21BrN2O/c15-13-6-1-2-7-14(13)18-10-4-9-17-8-3-5-12(16)11-17/h1-2,6-7,12H,3-5,8-11,16H2/t12-/m0/s1. The quantitative estimate of drug-likeness (QED) is 0.849. The van der Waals surface area contributed by atoms with Crippen molar-refractivity contribution in [1.29, 1.82) is 0 Å². The van der Waals surface area contributed by atoms with Crippen LogP contribution in [0.1, 0.15) is 19.3 Å². The molecule has 2 N–H and O–H groups in total. The first-order chi connectivity index (χ1) is 8.75. The molecule has 4 heteroatoms. The molecule has 2 rings (SSSR count). The van der Waals surface area contributed by atoms with Gasteiger partial charge < -0.3 is 15.4 Å². The first kappa shape index (κ1) is 13.8. The van der Waals surface area contributed by atoms with Crippen LogP contribution in [-0.2, 0) is 0 Å². The van der Waals surface area contributed by atoms with Crippen LogP contribution in [0.4, 0.5) is 0 Å². The van der Waals surface area contributed by atoms with Crippen molar-refractivity contribution in [3.05, 3.63) is 28.7 Å². The molecule has 18 heavy (non-hydrogen) atoms. The Labute approximate surface area is 117 Å². The molecule has 1 atom stereocenters. The molecule has 0 unspecified atom stereocenters. The zero-order valence-electron chi connectivity index (χ0n) is 10.6. The number of para-hydroxylation sites is 1. The lowest BCUT2D eigenvalue weighted by molar-refractivity contribution is 0.190. The first-order valence-corrected chi connectivity index (χ1v) is 7.40. The van der Waals surface area contributed by atoms with Crippen LogP contribution >= 0.6 is 15.9 Å². The minimum Gasteiger partial charge on any atom is -0.492 e. The fraction of sp³-hybridized carbons (Fsp3) is 0.571. The number of rotatable bonds is 5. The van der Waals surface area contributed by atoms with Gasteiger partial charge in [0.25, 0.3) is 0 Å². The summed E-state index contributed by atoms with van der Waals surface area (Å²) in [4.78, 5) is 2.44. The van der Waals surface area contributed by atoms with Crippen LogP contribution in [-0.4, -0.2) is 37.2 Å². The lowest BCUT2D eigenvalue weighted by Crippen LogP contribution is -2.43. The average Bonchev–Trinajstić information content (AvgIpc) is 2.37. The van der Waals surface area contributed by atoms with Crippen molar-refractivity contribution in [2.75, 3.05) is 26.2 Å². The van der Waals surface area contributed by atoms with Crippen molar-refractivity contribution < 1.29 is 4.74 Å². The Kier molecular flexibility index (Phi) is 5.47. The van der Waals surface area contributed by atoms with Gasteiger partial charge in [-0.25, -0.2) is 0 Å². The van der Waals surface area contributed by atoms with E-state index in [-0.39, 0.29) is 0 Å². The summed E-state index contributed by atoms with van der Waals surface area (Å²) in [7, 11) is 0. The molecule has 3 nitrogen and oxygen atoms in total. The van der Waals surface area contributed by atoms with E-state index in [2.05, 4.69) is 20.8 Å². The molecule has 0 aromatic heterocycles. The molecular weight excluding hydrogens is 292 g/mol. The van der Waals surface area contributed by atoms with Gasteiger partial charge in [-0.3, -0.25) is 0 Å².